The first-order chi connectivity index (χ1) is 7.72. The van der Waals surface area contributed by atoms with Crippen molar-refractivity contribution in [2.75, 3.05) is 0 Å². The number of nitrogens with zero attached hydrogens (tertiary/aromatic N) is 1. The van der Waals surface area contributed by atoms with Gasteiger partial charge in [0.2, 0.25) is 0 Å². The zero-order valence-corrected chi connectivity index (χ0v) is 9.73. The lowest BCUT2D eigenvalue weighted by atomic mass is 10.0. The van der Waals surface area contributed by atoms with Gasteiger partial charge in [0.05, 0.1) is 10.7 Å². The van der Waals surface area contributed by atoms with E-state index in [1.165, 1.54) is 6.07 Å². The molecule has 2 aromatic rings. The van der Waals surface area contributed by atoms with Crippen LogP contribution >= 0.6 is 11.6 Å². The minimum Gasteiger partial charge on any atom is -0.206 e. The van der Waals surface area contributed by atoms with Crippen LogP contribution in [0.1, 0.15) is 0 Å². The highest BCUT2D eigenvalue weighted by Gasteiger charge is 2.08. The molecule has 80 valence electrons. The maximum Gasteiger partial charge on any atom is 0.131 e. The van der Waals surface area contributed by atoms with Crippen LogP contribution in [-0.2, 0) is 12.4 Å². The van der Waals surface area contributed by atoms with E-state index in [9.17, 15) is 4.39 Å². The lowest BCUT2D eigenvalue weighted by molar-refractivity contribution is 0.631. The van der Waals surface area contributed by atoms with E-state index >= 15 is 0 Å². The highest BCUT2D eigenvalue weighted by atomic mass is 35.5. The first kappa shape index (κ1) is 11.2. The number of hydrogen-bond acceptors (Lipinski definition) is 2. The molecule has 0 unspecified atom stereocenters. The molecule has 0 atom stereocenters. The lowest BCUT2D eigenvalue weighted by Crippen LogP contribution is -1.84. The summed E-state index contributed by atoms with van der Waals surface area (Å²) in [5, 5.41) is 0.441. The Bertz CT molecular complexity index is 542. The molecule has 0 aromatic heterocycles. The van der Waals surface area contributed by atoms with Gasteiger partial charge in [-0.05, 0) is 18.2 Å². The summed E-state index contributed by atoms with van der Waals surface area (Å²) in [6.07, 6.45) is 0. The molecule has 0 bridgehead atoms. The summed E-state index contributed by atoms with van der Waals surface area (Å²) in [5.41, 5.74) is 1.71. The van der Waals surface area contributed by atoms with Gasteiger partial charge in [0.25, 0.3) is 0 Å². The predicted molar refractivity (Wildman–Crippen MR) is 66.3 cm³/mol. The topological polar surface area (TPSA) is 12.4 Å². The maximum atomic E-state index is 13.5. The van der Waals surface area contributed by atoms with Crippen molar-refractivity contribution in [1.82, 2.24) is 0 Å². The van der Waals surface area contributed by atoms with E-state index < -0.39 is 0 Å². The molecule has 0 N–H and O–H groups in total. The molecule has 0 heterocycles. The molecule has 0 spiro atoms. The second-order valence-corrected chi connectivity index (χ2v) is 3.83. The van der Waals surface area contributed by atoms with Crippen LogP contribution in [-0.4, -0.2) is 0 Å². The Balaban J connectivity index is 2.57. The molecule has 0 aliphatic carbocycles. The summed E-state index contributed by atoms with van der Waals surface area (Å²) < 4.78 is 17.1. The van der Waals surface area contributed by atoms with Crippen molar-refractivity contribution in [3.63, 3.8) is 0 Å². The summed E-state index contributed by atoms with van der Waals surface area (Å²) >= 11 is 10.6. The van der Waals surface area contributed by atoms with Crippen molar-refractivity contribution in [1.29, 1.82) is 0 Å². The van der Waals surface area contributed by atoms with Gasteiger partial charge in [0.1, 0.15) is 5.82 Å². The van der Waals surface area contributed by atoms with Crippen LogP contribution in [0.25, 0.3) is 11.1 Å². The molecule has 16 heavy (non-hydrogen) atoms. The average molecular weight is 252 g/mol. The highest BCUT2D eigenvalue weighted by molar-refractivity contribution is 7.47. The molecule has 1 nitrogen and oxygen atoms in total. The zero-order chi connectivity index (χ0) is 11.5. The molecular formula is C12H7ClFNS. The molecule has 4 heteroatoms. The number of halogens is 2. The van der Waals surface area contributed by atoms with Gasteiger partial charge < -0.3 is 0 Å². The van der Waals surface area contributed by atoms with Crippen LogP contribution in [0, 0.1) is 5.82 Å². The van der Waals surface area contributed by atoms with E-state index in [2.05, 4.69) is 16.8 Å². The number of benzene rings is 2. The van der Waals surface area contributed by atoms with Gasteiger partial charge in [0.15, 0.2) is 0 Å². The van der Waals surface area contributed by atoms with Crippen LogP contribution in [0.15, 0.2) is 46.8 Å². The average Bonchev–Trinajstić information content (AvgIpc) is 2.30. The zero-order valence-electron chi connectivity index (χ0n) is 8.15. The van der Waals surface area contributed by atoms with Gasteiger partial charge in [0, 0.05) is 23.6 Å². The Kier molecular flexibility index (Phi) is 3.27. The SMILES string of the molecule is Fc1ccccc1-c1ccc(N=S)cc1Cl. The Morgan fingerprint density at radius 3 is 2.44 bits per heavy atom. The third kappa shape index (κ3) is 2.10. The van der Waals surface area contributed by atoms with Gasteiger partial charge in [-0.1, -0.05) is 35.9 Å². The Labute approximate surface area is 103 Å². The van der Waals surface area contributed by atoms with Crippen molar-refractivity contribution in [2.24, 2.45) is 4.36 Å². The fraction of sp³-hybridized carbons (Fsp3) is 0. The van der Waals surface area contributed by atoms with E-state index in [-0.39, 0.29) is 5.82 Å². The first-order valence-electron chi connectivity index (χ1n) is 4.60. The third-order valence-corrected chi connectivity index (χ3v) is 2.75. The predicted octanol–water partition coefficient (Wildman–Crippen LogP) is 4.51. The van der Waals surface area contributed by atoms with Crippen LogP contribution < -0.4 is 0 Å². The third-order valence-electron chi connectivity index (χ3n) is 2.22. The normalized spacial score (nSPS) is 10.1. The summed E-state index contributed by atoms with van der Waals surface area (Å²) in [6, 6.07) is 11.5. The second-order valence-electron chi connectivity index (χ2n) is 3.24. The largest absolute Gasteiger partial charge is 0.206 e. The minimum atomic E-state index is -0.299. The molecule has 0 saturated carbocycles. The smallest absolute Gasteiger partial charge is 0.131 e. The molecule has 0 radical (unpaired) electrons. The molecule has 0 aliphatic rings. The number of hydrogen-bond donors (Lipinski definition) is 0. The minimum absolute atomic E-state index is 0.299. The maximum absolute atomic E-state index is 13.5. The van der Waals surface area contributed by atoms with Crippen molar-refractivity contribution >= 4 is 29.7 Å². The molecule has 2 aromatic carbocycles. The summed E-state index contributed by atoms with van der Waals surface area (Å²) in [5.74, 6) is -0.299. The Hall–Kier alpha value is -1.32. The van der Waals surface area contributed by atoms with Crippen molar-refractivity contribution in [3.8, 4) is 11.1 Å². The Morgan fingerprint density at radius 1 is 1.06 bits per heavy atom. The molecule has 0 saturated heterocycles. The van der Waals surface area contributed by atoms with Crippen LogP contribution in [0.3, 0.4) is 0 Å². The molecule has 0 fully saturated rings. The standard InChI is InChI=1S/C12H7ClFNS/c13-11-7-8(15-16)5-6-9(11)10-3-1-2-4-12(10)14/h1-7H. The van der Waals surface area contributed by atoms with E-state index in [4.69, 9.17) is 11.6 Å². The van der Waals surface area contributed by atoms with E-state index in [1.807, 2.05) is 0 Å². The van der Waals surface area contributed by atoms with Crippen molar-refractivity contribution in [3.05, 3.63) is 53.3 Å². The summed E-state index contributed by atoms with van der Waals surface area (Å²) in [6.45, 7) is 0. The first-order valence-corrected chi connectivity index (χ1v) is 5.34. The van der Waals surface area contributed by atoms with Gasteiger partial charge in [-0.15, -0.1) is 0 Å². The van der Waals surface area contributed by atoms with Gasteiger partial charge in [-0.25, -0.2) is 4.39 Å². The van der Waals surface area contributed by atoms with E-state index in [1.54, 1.807) is 36.4 Å². The summed E-state index contributed by atoms with van der Waals surface area (Å²) in [4.78, 5) is 0. The van der Waals surface area contributed by atoms with Crippen molar-refractivity contribution < 1.29 is 4.39 Å². The molecular weight excluding hydrogens is 245 g/mol. The van der Waals surface area contributed by atoms with Crippen LogP contribution in [0.2, 0.25) is 5.02 Å². The van der Waals surface area contributed by atoms with Gasteiger partial charge in [-0.3, -0.25) is 0 Å². The molecule has 0 aliphatic heterocycles. The fourth-order valence-electron chi connectivity index (χ4n) is 1.46. The lowest BCUT2D eigenvalue weighted by Gasteiger charge is -2.05. The second kappa shape index (κ2) is 4.68. The fourth-order valence-corrected chi connectivity index (χ4v) is 1.85. The monoisotopic (exact) mass is 251 g/mol. The van der Waals surface area contributed by atoms with Crippen molar-refractivity contribution in [2.45, 2.75) is 0 Å². The van der Waals surface area contributed by atoms with Gasteiger partial charge >= 0.3 is 0 Å². The van der Waals surface area contributed by atoms with Gasteiger partial charge in [-0.2, -0.15) is 4.36 Å². The molecule has 2 rings (SSSR count). The summed E-state index contributed by atoms with van der Waals surface area (Å²) in [7, 11) is 0. The van der Waals surface area contributed by atoms with E-state index in [0.29, 0.717) is 21.8 Å². The van der Waals surface area contributed by atoms with Crippen LogP contribution in [0.5, 0.6) is 0 Å². The molecule has 0 amide bonds. The highest BCUT2D eigenvalue weighted by Crippen LogP contribution is 2.32. The van der Waals surface area contributed by atoms with E-state index in [0.717, 1.165) is 0 Å². The quantitative estimate of drug-likeness (QED) is 0.765. The van der Waals surface area contributed by atoms with Crippen LogP contribution in [0.4, 0.5) is 10.1 Å². The number of rotatable bonds is 2. The Morgan fingerprint density at radius 2 is 1.81 bits per heavy atom.